The Labute approximate surface area is 194 Å². The predicted octanol–water partition coefficient (Wildman–Crippen LogP) is 3.07. The highest BCUT2D eigenvalue weighted by atomic mass is 127. The van der Waals surface area contributed by atoms with Crippen LogP contribution in [0.25, 0.3) is 0 Å². The largest absolute Gasteiger partial charge is 0.383 e. The zero-order valence-corrected chi connectivity index (χ0v) is 20.6. The number of amides is 1. The van der Waals surface area contributed by atoms with Gasteiger partial charge in [0.25, 0.3) is 5.91 Å². The fourth-order valence-corrected chi connectivity index (χ4v) is 3.46. The highest BCUT2D eigenvalue weighted by molar-refractivity contribution is 14.0. The van der Waals surface area contributed by atoms with E-state index in [9.17, 15) is 9.90 Å². The maximum absolute atomic E-state index is 12.1. The molecule has 0 saturated carbocycles. The van der Waals surface area contributed by atoms with Crippen LogP contribution in [0.4, 0.5) is 0 Å². The van der Waals surface area contributed by atoms with Crippen molar-refractivity contribution >= 4 is 47.2 Å². The summed E-state index contributed by atoms with van der Waals surface area (Å²) in [7, 11) is 3.50. The third-order valence-electron chi connectivity index (χ3n) is 4.32. The second-order valence-corrected chi connectivity index (χ2v) is 7.84. The Balaban J connectivity index is 0.00000420. The van der Waals surface area contributed by atoms with Crippen molar-refractivity contribution in [2.75, 3.05) is 33.7 Å². The second-order valence-electron chi connectivity index (χ2n) is 7.06. The van der Waals surface area contributed by atoms with Crippen molar-refractivity contribution in [1.82, 2.24) is 15.5 Å². The number of aliphatic imine (C=N–C) groups is 1. The van der Waals surface area contributed by atoms with Crippen LogP contribution < -0.4 is 10.6 Å². The van der Waals surface area contributed by atoms with Gasteiger partial charge in [-0.15, -0.1) is 24.0 Å². The number of nitrogens with zero attached hydrogens (tertiary/aromatic N) is 2. The first-order chi connectivity index (χ1) is 13.3. The van der Waals surface area contributed by atoms with Gasteiger partial charge in [0, 0.05) is 32.7 Å². The number of benzene rings is 1. The molecule has 0 aliphatic carbocycles. The summed E-state index contributed by atoms with van der Waals surface area (Å²) in [6.45, 7) is 5.46. The lowest BCUT2D eigenvalue weighted by Gasteiger charge is -2.21. The first-order valence-corrected chi connectivity index (χ1v) is 10.4. The zero-order valence-electron chi connectivity index (χ0n) is 17.4. The van der Waals surface area contributed by atoms with Crippen molar-refractivity contribution in [2.24, 2.45) is 4.99 Å². The van der Waals surface area contributed by atoms with Gasteiger partial charge < -0.3 is 20.6 Å². The molecule has 0 fully saturated rings. The third kappa shape index (κ3) is 7.94. The minimum Gasteiger partial charge on any atom is -0.383 e. The number of hydrogen-bond donors (Lipinski definition) is 3. The molecule has 0 radical (unpaired) electrons. The molecule has 1 atom stereocenters. The lowest BCUT2D eigenvalue weighted by Crippen LogP contribution is -2.39. The van der Waals surface area contributed by atoms with E-state index in [-0.39, 0.29) is 36.4 Å². The maximum atomic E-state index is 12.1. The Kier molecular flexibility index (Phi) is 10.6. The van der Waals surface area contributed by atoms with Crippen LogP contribution in [0, 0.1) is 0 Å². The number of rotatable bonds is 8. The SMILES string of the molecule is CCNC(=NCC(C)(O)c1ccsc1)NCCc1cccc(C(=O)N(C)C)c1.I. The lowest BCUT2D eigenvalue weighted by molar-refractivity contribution is 0.0677. The van der Waals surface area contributed by atoms with Gasteiger partial charge in [-0.05, 0) is 60.4 Å². The van der Waals surface area contributed by atoms with Crippen molar-refractivity contribution in [3.05, 3.63) is 57.8 Å². The fraction of sp³-hybridized carbons (Fsp3) is 0.429. The average Bonchev–Trinajstić information content (AvgIpc) is 3.21. The average molecular weight is 530 g/mol. The summed E-state index contributed by atoms with van der Waals surface area (Å²) in [5, 5.41) is 21.0. The summed E-state index contributed by atoms with van der Waals surface area (Å²) in [6.07, 6.45) is 0.764. The minimum atomic E-state index is -0.997. The van der Waals surface area contributed by atoms with Crippen LogP contribution in [-0.4, -0.2) is 55.6 Å². The van der Waals surface area contributed by atoms with Crippen molar-refractivity contribution in [2.45, 2.75) is 25.9 Å². The molecule has 1 amide bonds. The van der Waals surface area contributed by atoms with Crippen molar-refractivity contribution in [3.8, 4) is 0 Å². The van der Waals surface area contributed by atoms with Gasteiger partial charge in [-0.3, -0.25) is 4.79 Å². The summed E-state index contributed by atoms with van der Waals surface area (Å²) < 4.78 is 0. The summed E-state index contributed by atoms with van der Waals surface area (Å²) in [4.78, 5) is 18.2. The monoisotopic (exact) mass is 530 g/mol. The van der Waals surface area contributed by atoms with E-state index in [1.165, 1.54) is 0 Å². The molecule has 0 spiro atoms. The highest BCUT2D eigenvalue weighted by Crippen LogP contribution is 2.23. The molecule has 1 aromatic carbocycles. The molecule has 3 N–H and O–H groups in total. The molecule has 6 nitrogen and oxygen atoms in total. The summed E-state index contributed by atoms with van der Waals surface area (Å²) >= 11 is 1.56. The third-order valence-corrected chi connectivity index (χ3v) is 5.00. The summed E-state index contributed by atoms with van der Waals surface area (Å²) in [6, 6.07) is 9.60. The topological polar surface area (TPSA) is 77.0 Å². The first kappa shape index (κ1) is 25.4. The first-order valence-electron chi connectivity index (χ1n) is 9.41. The molecule has 0 aliphatic heterocycles. The van der Waals surface area contributed by atoms with Crippen LogP contribution >= 0.6 is 35.3 Å². The number of carbonyl (C=O) groups excluding carboxylic acids is 1. The molecule has 0 bridgehead atoms. The molecule has 1 unspecified atom stereocenters. The van der Waals surface area contributed by atoms with Gasteiger partial charge >= 0.3 is 0 Å². The van der Waals surface area contributed by atoms with Gasteiger partial charge in [-0.1, -0.05) is 12.1 Å². The number of thiophene rings is 1. The summed E-state index contributed by atoms with van der Waals surface area (Å²) in [5.41, 5.74) is 1.65. The molecule has 1 aromatic heterocycles. The Morgan fingerprint density at radius 3 is 2.66 bits per heavy atom. The van der Waals surface area contributed by atoms with Crippen molar-refractivity contribution in [3.63, 3.8) is 0 Å². The number of halogens is 1. The van der Waals surface area contributed by atoms with E-state index >= 15 is 0 Å². The number of aliphatic hydroxyl groups is 1. The van der Waals surface area contributed by atoms with Gasteiger partial charge in [0.15, 0.2) is 5.96 Å². The maximum Gasteiger partial charge on any atom is 0.253 e. The van der Waals surface area contributed by atoms with Gasteiger partial charge in [0.1, 0.15) is 5.60 Å². The fourth-order valence-electron chi connectivity index (χ4n) is 2.68. The normalized spacial score (nSPS) is 13.2. The van der Waals surface area contributed by atoms with E-state index in [0.717, 1.165) is 24.1 Å². The molecule has 0 saturated heterocycles. The molecular formula is C21H31IN4O2S. The molecule has 29 heavy (non-hydrogen) atoms. The van der Waals surface area contributed by atoms with Gasteiger partial charge in [0.05, 0.1) is 6.54 Å². The number of hydrogen-bond acceptors (Lipinski definition) is 4. The molecule has 0 aliphatic rings. The Hall–Kier alpha value is -1.65. The van der Waals surface area contributed by atoms with Gasteiger partial charge in [0.2, 0.25) is 0 Å². The molecular weight excluding hydrogens is 499 g/mol. The van der Waals surface area contributed by atoms with Gasteiger partial charge in [-0.25, -0.2) is 4.99 Å². The van der Waals surface area contributed by atoms with E-state index in [2.05, 4.69) is 15.6 Å². The van der Waals surface area contributed by atoms with Crippen molar-refractivity contribution in [1.29, 1.82) is 0 Å². The second kappa shape index (κ2) is 12.1. The highest BCUT2D eigenvalue weighted by Gasteiger charge is 2.23. The van der Waals surface area contributed by atoms with E-state index in [0.29, 0.717) is 18.1 Å². The summed E-state index contributed by atoms with van der Waals surface area (Å²) in [5.74, 6) is 0.666. The van der Waals surface area contributed by atoms with Crippen LogP contribution in [0.1, 0.15) is 35.3 Å². The molecule has 1 heterocycles. The van der Waals surface area contributed by atoms with Crippen LogP contribution in [0.3, 0.4) is 0 Å². The smallest absolute Gasteiger partial charge is 0.253 e. The Morgan fingerprint density at radius 2 is 2.03 bits per heavy atom. The van der Waals surface area contributed by atoms with Crippen LogP contribution in [0.15, 0.2) is 46.1 Å². The predicted molar refractivity (Wildman–Crippen MR) is 131 cm³/mol. The van der Waals surface area contributed by atoms with Gasteiger partial charge in [-0.2, -0.15) is 11.3 Å². The molecule has 160 valence electrons. The quantitative estimate of drug-likeness (QED) is 0.279. The number of nitrogens with one attached hydrogen (secondary N) is 2. The molecule has 2 rings (SSSR count). The van der Waals surface area contributed by atoms with E-state index < -0.39 is 5.60 Å². The zero-order chi connectivity index (χ0) is 20.6. The van der Waals surface area contributed by atoms with E-state index in [4.69, 9.17) is 0 Å². The Morgan fingerprint density at radius 1 is 1.28 bits per heavy atom. The minimum absolute atomic E-state index is 0. The van der Waals surface area contributed by atoms with E-state index in [1.807, 2.05) is 48.0 Å². The van der Waals surface area contributed by atoms with E-state index in [1.54, 1.807) is 37.3 Å². The van der Waals surface area contributed by atoms with Crippen LogP contribution in [0.2, 0.25) is 0 Å². The number of guanidine groups is 1. The van der Waals surface area contributed by atoms with Crippen LogP contribution in [0.5, 0.6) is 0 Å². The molecule has 8 heteroatoms. The van der Waals surface area contributed by atoms with Crippen molar-refractivity contribution < 1.29 is 9.90 Å². The Bertz CT molecular complexity index is 792. The number of carbonyl (C=O) groups is 1. The van der Waals surface area contributed by atoms with Crippen LogP contribution in [-0.2, 0) is 12.0 Å². The standard InChI is InChI=1S/C21H30N4O2S.HI/c1-5-22-20(24-15-21(2,27)18-10-12-28-14-18)23-11-9-16-7-6-8-17(13-16)19(26)25(3)4;/h6-8,10,12-14,27H,5,9,11,15H2,1-4H3,(H2,22,23,24);1H. The molecule has 2 aromatic rings. The lowest BCUT2D eigenvalue weighted by atomic mass is 10.00.